The third kappa shape index (κ3) is 6.35. The summed E-state index contributed by atoms with van der Waals surface area (Å²) in [5.41, 5.74) is 4.45. The first-order chi connectivity index (χ1) is 21.7. The molecule has 5 rings (SSSR count). The second-order valence-electron chi connectivity index (χ2n) is 11.1. The Hall–Kier alpha value is -4.33. The molecule has 0 aliphatic carbocycles. The summed E-state index contributed by atoms with van der Waals surface area (Å²) in [6, 6.07) is 14.5. The number of carbonyl (C=O) groups excluding carboxylic acids is 2. The number of anilines is 1. The summed E-state index contributed by atoms with van der Waals surface area (Å²) < 4.78 is 27.9. The highest BCUT2D eigenvalue weighted by molar-refractivity contribution is 6.42. The zero-order valence-electron chi connectivity index (χ0n) is 25.0. The van der Waals surface area contributed by atoms with Gasteiger partial charge in [-0.2, -0.15) is 0 Å². The number of aromatic hydroxyl groups is 1. The Bertz CT molecular complexity index is 1890. The third-order valence-electron chi connectivity index (χ3n) is 7.63. The number of hydrogen-bond donors (Lipinski definition) is 4. The zero-order valence-corrected chi connectivity index (χ0v) is 26.5. The number of nitrogens with one attached hydrogen (secondary N) is 1. The van der Waals surface area contributed by atoms with E-state index in [9.17, 15) is 24.6 Å². The highest BCUT2D eigenvalue weighted by Crippen LogP contribution is 2.39. The van der Waals surface area contributed by atoms with Crippen molar-refractivity contribution in [2.45, 2.75) is 51.0 Å². The normalized spacial score (nSPS) is 20.7. The van der Waals surface area contributed by atoms with Crippen LogP contribution in [0, 0.1) is 6.92 Å². The molecule has 14 heteroatoms. The van der Waals surface area contributed by atoms with E-state index in [0.29, 0.717) is 15.6 Å². The van der Waals surface area contributed by atoms with Gasteiger partial charge in [-0.1, -0.05) is 41.4 Å². The van der Waals surface area contributed by atoms with Gasteiger partial charge in [0.1, 0.15) is 17.4 Å². The van der Waals surface area contributed by atoms with E-state index in [-0.39, 0.29) is 27.8 Å². The molecule has 0 saturated carbocycles. The molecule has 1 fully saturated rings. The number of halogens is 2. The molecule has 5 N–H and O–H groups in total. The Morgan fingerprint density at radius 1 is 1.04 bits per heavy atom. The number of aryl methyl sites for hydroxylation is 1. The second-order valence-corrected chi connectivity index (χ2v) is 11.9. The lowest BCUT2D eigenvalue weighted by atomic mass is 9.89. The van der Waals surface area contributed by atoms with Gasteiger partial charge in [0.2, 0.25) is 6.29 Å². The van der Waals surface area contributed by atoms with Crippen molar-refractivity contribution in [2.75, 3.05) is 12.4 Å². The number of hydrogen-bond acceptors (Lipinski definition) is 10. The van der Waals surface area contributed by atoms with Crippen molar-refractivity contribution in [1.29, 1.82) is 0 Å². The third-order valence-corrected chi connectivity index (χ3v) is 8.37. The van der Waals surface area contributed by atoms with Crippen molar-refractivity contribution >= 4 is 51.9 Å². The van der Waals surface area contributed by atoms with Gasteiger partial charge < -0.3 is 44.6 Å². The smallest absolute Gasteiger partial charge is 0.404 e. The van der Waals surface area contributed by atoms with Crippen LogP contribution >= 0.6 is 23.2 Å². The highest BCUT2D eigenvalue weighted by Gasteiger charge is 2.53. The average Bonchev–Trinajstić information content (AvgIpc) is 3.00. The molecule has 46 heavy (non-hydrogen) atoms. The van der Waals surface area contributed by atoms with Crippen molar-refractivity contribution in [3.05, 3.63) is 86.2 Å². The fourth-order valence-electron chi connectivity index (χ4n) is 5.37. The number of nitrogens with two attached hydrogens (primary N) is 1. The number of benzene rings is 3. The summed E-state index contributed by atoms with van der Waals surface area (Å²) in [6.45, 7) is 4.87. The molecule has 12 nitrogen and oxygen atoms in total. The Kier molecular flexibility index (Phi) is 9.21. The summed E-state index contributed by atoms with van der Waals surface area (Å²) >= 11 is 12.2. The standard InChI is InChI=1S/C32H30Cl2N2O10/c1-14-21(43-30-24(38)26(45-31(35)41)27(42-4)32(2,3)46-30)11-9-18-23(37)22(29(40)44-25(14)18)36-28(39)17-7-5-6-15(12-17)16-8-10-19(33)20(34)13-16/h5-13,24,26-27,30,37-38H,1-4H3,(H2,35,41)(H,36,39)/t24-,26+,27-,30-/m1/s1. The first kappa shape index (κ1) is 33.0. The van der Waals surface area contributed by atoms with Crippen LogP contribution < -0.4 is 21.4 Å². The first-order valence-corrected chi connectivity index (χ1v) is 14.6. The topological polar surface area (TPSA) is 180 Å². The number of amides is 2. The minimum Gasteiger partial charge on any atom is -0.505 e. The van der Waals surface area contributed by atoms with Crippen LogP contribution in [0.25, 0.3) is 22.1 Å². The Balaban J connectivity index is 1.42. The first-order valence-electron chi connectivity index (χ1n) is 13.9. The largest absolute Gasteiger partial charge is 0.505 e. The van der Waals surface area contributed by atoms with Gasteiger partial charge in [-0.25, -0.2) is 9.59 Å². The SMILES string of the molecule is CO[C@@H]1[C@@H](OC(N)=O)[C@@H](O)[C@H](Oc2ccc3c(O)c(NC(=O)c4cccc(-c5ccc(Cl)c(Cl)c5)c4)c(=O)oc3c2C)OC1(C)C. The average molecular weight is 674 g/mol. The quantitative estimate of drug-likeness (QED) is 0.186. The van der Waals surface area contributed by atoms with Crippen molar-refractivity contribution < 1.29 is 43.2 Å². The Morgan fingerprint density at radius 3 is 2.43 bits per heavy atom. The van der Waals surface area contributed by atoms with Gasteiger partial charge in [0.25, 0.3) is 5.91 Å². The molecule has 0 bridgehead atoms. The maximum Gasteiger partial charge on any atom is 0.404 e. The zero-order chi connectivity index (χ0) is 33.5. The predicted molar refractivity (Wildman–Crippen MR) is 170 cm³/mol. The lowest BCUT2D eigenvalue weighted by Crippen LogP contribution is -2.65. The maximum absolute atomic E-state index is 13.2. The van der Waals surface area contributed by atoms with E-state index < -0.39 is 59.3 Å². The van der Waals surface area contributed by atoms with Crippen LogP contribution in [0.1, 0.15) is 29.8 Å². The monoisotopic (exact) mass is 672 g/mol. The Labute approximate surface area is 272 Å². The summed E-state index contributed by atoms with van der Waals surface area (Å²) in [5, 5.41) is 25.3. The number of carbonyl (C=O) groups is 2. The lowest BCUT2D eigenvalue weighted by molar-refractivity contribution is -0.304. The second kappa shape index (κ2) is 12.8. The van der Waals surface area contributed by atoms with E-state index in [1.54, 1.807) is 63.2 Å². The molecule has 0 unspecified atom stereocenters. The van der Waals surface area contributed by atoms with Gasteiger partial charge in [-0.3, -0.25) is 4.79 Å². The van der Waals surface area contributed by atoms with Crippen LogP contribution in [-0.4, -0.2) is 59.5 Å². The van der Waals surface area contributed by atoms with E-state index in [0.717, 1.165) is 5.56 Å². The van der Waals surface area contributed by atoms with Gasteiger partial charge in [0.15, 0.2) is 23.6 Å². The number of rotatable bonds is 7. The van der Waals surface area contributed by atoms with Gasteiger partial charge in [0, 0.05) is 18.2 Å². The summed E-state index contributed by atoms with van der Waals surface area (Å²) in [5.74, 6) is -1.07. The number of primary amides is 1. The molecule has 1 aromatic heterocycles. The maximum atomic E-state index is 13.2. The Morgan fingerprint density at radius 2 is 1.76 bits per heavy atom. The fraction of sp³-hybridized carbons (Fsp3) is 0.281. The minimum atomic E-state index is -1.52. The molecule has 1 aliphatic rings. The molecular weight excluding hydrogens is 643 g/mol. The molecule has 1 aliphatic heterocycles. The predicted octanol–water partition coefficient (Wildman–Crippen LogP) is 5.39. The molecule has 3 aromatic carbocycles. The molecule has 2 heterocycles. The number of fused-ring (bicyclic) bond motifs is 1. The highest BCUT2D eigenvalue weighted by atomic mass is 35.5. The molecule has 242 valence electrons. The lowest BCUT2D eigenvalue weighted by Gasteiger charge is -2.47. The van der Waals surface area contributed by atoms with Crippen LogP contribution in [-0.2, 0) is 14.2 Å². The molecular formula is C32H30Cl2N2O10. The summed E-state index contributed by atoms with van der Waals surface area (Å²) in [4.78, 5) is 37.7. The van der Waals surface area contributed by atoms with Crippen molar-refractivity contribution in [2.24, 2.45) is 5.73 Å². The summed E-state index contributed by atoms with van der Waals surface area (Å²) in [7, 11) is 1.37. The fourth-order valence-corrected chi connectivity index (χ4v) is 5.67. The molecule has 4 atom stereocenters. The van der Waals surface area contributed by atoms with Gasteiger partial charge in [-0.05, 0) is 68.3 Å². The number of aliphatic hydroxyl groups is 1. The van der Waals surface area contributed by atoms with E-state index in [4.69, 9.17) is 52.3 Å². The van der Waals surface area contributed by atoms with Crippen molar-refractivity contribution in [3.8, 4) is 22.6 Å². The van der Waals surface area contributed by atoms with Crippen LogP contribution in [0.4, 0.5) is 10.5 Å². The molecule has 4 aromatic rings. The van der Waals surface area contributed by atoms with Gasteiger partial charge in [0.05, 0.1) is 21.0 Å². The number of ether oxygens (including phenoxy) is 4. The molecule has 1 saturated heterocycles. The van der Waals surface area contributed by atoms with Gasteiger partial charge in [-0.15, -0.1) is 0 Å². The number of methoxy groups -OCH3 is 1. The van der Waals surface area contributed by atoms with Gasteiger partial charge >= 0.3 is 11.7 Å². The van der Waals surface area contributed by atoms with Crippen LogP contribution in [0.5, 0.6) is 11.5 Å². The minimum absolute atomic E-state index is 0.0381. The van der Waals surface area contributed by atoms with Crippen molar-refractivity contribution in [1.82, 2.24) is 0 Å². The molecule has 0 radical (unpaired) electrons. The van der Waals surface area contributed by atoms with Crippen molar-refractivity contribution in [3.63, 3.8) is 0 Å². The van der Waals surface area contributed by atoms with Crippen LogP contribution in [0.2, 0.25) is 10.0 Å². The molecule has 0 spiro atoms. The van der Waals surface area contributed by atoms with Crippen LogP contribution in [0.3, 0.4) is 0 Å². The van der Waals surface area contributed by atoms with Crippen LogP contribution in [0.15, 0.2) is 63.8 Å². The molecule has 2 amide bonds. The van der Waals surface area contributed by atoms with E-state index in [2.05, 4.69) is 5.32 Å². The van der Waals surface area contributed by atoms with E-state index in [1.165, 1.54) is 19.2 Å². The summed E-state index contributed by atoms with van der Waals surface area (Å²) in [6.07, 6.45) is -6.11. The van der Waals surface area contributed by atoms with E-state index >= 15 is 0 Å². The number of aliphatic hydroxyl groups excluding tert-OH is 1. The van der Waals surface area contributed by atoms with E-state index in [1.807, 2.05) is 0 Å².